The Morgan fingerprint density at radius 1 is 1.20 bits per heavy atom. The number of para-hydroxylation sites is 1. The van der Waals surface area contributed by atoms with Gasteiger partial charge in [0.1, 0.15) is 28.1 Å². The minimum Gasteiger partial charge on any atom is -0.486 e. The predicted molar refractivity (Wildman–Crippen MR) is 96.7 cm³/mol. The Morgan fingerprint density at radius 2 is 2.00 bits per heavy atom. The van der Waals surface area contributed by atoms with Gasteiger partial charge in [0.25, 0.3) is 5.91 Å². The second-order valence-corrected chi connectivity index (χ2v) is 6.64. The van der Waals surface area contributed by atoms with Crippen LogP contribution in [0.15, 0.2) is 48.5 Å². The van der Waals surface area contributed by atoms with Crippen LogP contribution in [0.4, 0.5) is 10.1 Å². The molecule has 4 nitrogen and oxygen atoms in total. The van der Waals surface area contributed by atoms with Gasteiger partial charge >= 0.3 is 0 Å². The zero-order valence-electron chi connectivity index (χ0n) is 13.9. The van der Waals surface area contributed by atoms with E-state index in [1.54, 1.807) is 19.1 Å². The Hall–Kier alpha value is -2.73. The molecule has 0 fully saturated rings. The van der Waals surface area contributed by atoms with Crippen LogP contribution >= 0.6 is 11.3 Å². The molecule has 0 saturated carbocycles. The lowest BCUT2D eigenvalue weighted by atomic mass is 10.2. The zero-order valence-corrected chi connectivity index (χ0v) is 14.7. The summed E-state index contributed by atoms with van der Waals surface area (Å²) in [5, 5.41) is 3.27. The van der Waals surface area contributed by atoms with Crippen LogP contribution in [0.2, 0.25) is 0 Å². The average molecular weight is 356 g/mol. The quantitative estimate of drug-likeness (QED) is 0.719. The number of carbonyl (C=O) groups excluding carboxylic acids is 1. The Balaban J connectivity index is 1.69. The van der Waals surface area contributed by atoms with Crippen LogP contribution in [0.5, 0.6) is 5.75 Å². The van der Waals surface area contributed by atoms with E-state index in [2.05, 4.69) is 10.3 Å². The van der Waals surface area contributed by atoms with Crippen LogP contribution in [-0.4, -0.2) is 10.9 Å². The average Bonchev–Trinajstić information content (AvgIpc) is 2.96. The number of anilines is 1. The van der Waals surface area contributed by atoms with Crippen LogP contribution in [-0.2, 0) is 6.61 Å². The van der Waals surface area contributed by atoms with Crippen molar-refractivity contribution < 1.29 is 13.9 Å². The van der Waals surface area contributed by atoms with Gasteiger partial charge in [0, 0.05) is 0 Å². The number of aryl methyl sites for hydroxylation is 2. The van der Waals surface area contributed by atoms with Gasteiger partial charge in [-0.1, -0.05) is 24.3 Å². The standard InChI is InChI=1S/C19H17FN2O2S/c1-12-6-5-7-14(10-12)24-11-17-21-13(2)18(25-17)19(23)22-16-9-4-3-8-15(16)20/h3-10H,11H2,1-2H3,(H,22,23). The molecule has 25 heavy (non-hydrogen) atoms. The maximum absolute atomic E-state index is 13.7. The predicted octanol–water partition coefficient (Wildman–Crippen LogP) is 4.73. The van der Waals surface area contributed by atoms with Crippen molar-refractivity contribution in [2.45, 2.75) is 20.5 Å². The van der Waals surface area contributed by atoms with Crippen LogP contribution in [0.3, 0.4) is 0 Å². The largest absolute Gasteiger partial charge is 0.486 e. The molecule has 1 aromatic heterocycles. The van der Waals surface area contributed by atoms with Crippen molar-refractivity contribution in [3.05, 3.63) is 75.5 Å². The summed E-state index contributed by atoms with van der Waals surface area (Å²) < 4.78 is 19.4. The summed E-state index contributed by atoms with van der Waals surface area (Å²) in [6, 6.07) is 13.8. The molecular formula is C19H17FN2O2S. The number of ether oxygens (including phenoxy) is 1. The highest BCUT2D eigenvalue weighted by Gasteiger charge is 2.17. The third-order valence-corrected chi connectivity index (χ3v) is 4.65. The molecule has 128 valence electrons. The third kappa shape index (κ3) is 4.22. The zero-order chi connectivity index (χ0) is 17.8. The Kier molecular flexibility index (Phi) is 5.09. The summed E-state index contributed by atoms with van der Waals surface area (Å²) in [6.45, 7) is 4.02. The molecule has 0 unspecified atom stereocenters. The Bertz CT molecular complexity index is 908. The summed E-state index contributed by atoms with van der Waals surface area (Å²) >= 11 is 1.25. The number of rotatable bonds is 5. The van der Waals surface area contributed by atoms with Crippen LogP contribution in [0, 0.1) is 19.7 Å². The fourth-order valence-electron chi connectivity index (χ4n) is 2.32. The van der Waals surface area contributed by atoms with Crippen molar-refractivity contribution >= 4 is 22.9 Å². The highest BCUT2D eigenvalue weighted by Crippen LogP contribution is 2.22. The van der Waals surface area contributed by atoms with Crippen molar-refractivity contribution in [3.63, 3.8) is 0 Å². The van der Waals surface area contributed by atoms with E-state index >= 15 is 0 Å². The van der Waals surface area contributed by atoms with E-state index in [0.717, 1.165) is 11.3 Å². The molecule has 3 aromatic rings. The van der Waals surface area contributed by atoms with Gasteiger partial charge in [0.2, 0.25) is 0 Å². The fraction of sp³-hybridized carbons (Fsp3) is 0.158. The summed E-state index contributed by atoms with van der Waals surface area (Å²) in [7, 11) is 0. The number of nitrogens with zero attached hydrogens (tertiary/aromatic N) is 1. The van der Waals surface area contributed by atoms with Crippen molar-refractivity contribution in [1.82, 2.24) is 4.98 Å². The number of amides is 1. The van der Waals surface area contributed by atoms with Crippen molar-refractivity contribution in [2.75, 3.05) is 5.32 Å². The third-order valence-electron chi connectivity index (χ3n) is 3.52. The molecule has 0 aliphatic rings. The van der Waals surface area contributed by atoms with Crippen molar-refractivity contribution in [1.29, 1.82) is 0 Å². The van der Waals surface area contributed by atoms with Gasteiger partial charge in [-0.3, -0.25) is 4.79 Å². The lowest BCUT2D eigenvalue weighted by Crippen LogP contribution is -2.12. The molecular weight excluding hydrogens is 339 g/mol. The van der Waals surface area contributed by atoms with Gasteiger partial charge in [-0.25, -0.2) is 9.37 Å². The van der Waals surface area contributed by atoms with E-state index in [-0.39, 0.29) is 18.2 Å². The summed E-state index contributed by atoms with van der Waals surface area (Å²) in [5.74, 6) is -0.0897. The number of carbonyl (C=O) groups is 1. The van der Waals surface area contributed by atoms with Gasteiger partial charge < -0.3 is 10.1 Å². The van der Waals surface area contributed by atoms with Crippen LogP contribution in [0.25, 0.3) is 0 Å². The monoisotopic (exact) mass is 356 g/mol. The number of aromatic nitrogens is 1. The first-order chi connectivity index (χ1) is 12.0. The summed E-state index contributed by atoms with van der Waals surface area (Å²) in [4.78, 5) is 17.2. The van der Waals surface area contributed by atoms with Crippen LogP contribution in [0.1, 0.15) is 25.9 Å². The Labute approximate surface area is 149 Å². The maximum atomic E-state index is 13.7. The molecule has 0 spiro atoms. The SMILES string of the molecule is Cc1cccc(OCc2nc(C)c(C(=O)Nc3ccccc3F)s2)c1. The van der Waals surface area contributed by atoms with E-state index in [1.165, 1.54) is 23.5 Å². The molecule has 1 N–H and O–H groups in total. The van der Waals surface area contributed by atoms with E-state index in [1.807, 2.05) is 31.2 Å². The van der Waals surface area contributed by atoms with E-state index in [0.29, 0.717) is 15.6 Å². The highest BCUT2D eigenvalue weighted by molar-refractivity contribution is 7.13. The number of hydrogen-bond donors (Lipinski definition) is 1. The second-order valence-electron chi connectivity index (χ2n) is 5.56. The first-order valence-electron chi connectivity index (χ1n) is 7.74. The number of nitrogens with one attached hydrogen (secondary N) is 1. The molecule has 0 aliphatic carbocycles. The molecule has 0 radical (unpaired) electrons. The first kappa shape index (κ1) is 17.1. The van der Waals surface area contributed by atoms with E-state index in [4.69, 9.17) is 4.74 Å². The van der Waals surface area contributed by atoms with Gasteiger partial charge in [-0.05, 0) is 43.7 Å². The Morgan fingerprint density at radius 3 is 2.76 bits per heavy atom. The van der Waals surface area contributed by atoms with Crippen molar-refractivity contribution in [3.8, 4) is 5.75 Å². The number of benzene rings is 2. The minimum absolute atomic E-state index is 0.151. The van der Waals surface area contributed by atoms with Gasteiger partial charge in [-0.15, -0.1) is 11.3 Å². The lowest BCUT2D eigenvalue weighted by molar-refractivity contribution is 0.102. The van der Waals surface area contributed by atoms with Gasteiger partial charge in [0.15, 0.2) is 0 Å². The topological polar surface area (TPSA) is 51.2 Å². The molecule has 0 atom stereocenters. The summed E-state index contributed by atoms with van der Waals surface area (Å²) in [6.07, 6.45) is 0. The summed E-state index contributed by atoms with van der Waals surface area (Å²) in [5.41, 5.74) is 1.86. The van der Waals surface area contributed by atoms with Crippen LogP contribution < -0.4 is 10.1 Å². The molecule has 3 rings (SSSR count). The second kappa shape index (κ2) is 7.44. The van der Waals surface area contributed by atoms with Gasteiger partial charge in [-0.2, -0.15) is 0 Å². The molecule has 1 heterocycles. The normalized spacial score (nSPS) is 10.5. The maximum Gasteiger partial charge on any atom is 0.267 e. The number of thiazole rings is 1. The lowest BCUT2D eigenvalue weighted by Gasteiger charge is -2.05. The fourth-order valence-corrected chi connectivity index (χ4v) is 3.19. The molecule has 6 heteroatoms. The highest BCUT2D eigenvalue weighted by atomic mass is 32.1. The molecule has 0 aliphatic heterocycles. The van der Waals surface area contributed by atoms with Crippen molar-refractivity contribution in [2.24, 2.45) is 0 Å². The van der Waals surface area contributed by atoms with E-state index in [9.17, 15) is 9.18 Å². The number of hydrogen-bond acceptors (Lipinski definition) is 4. The minimum atomic E-state index is -0.471. The van der Waals surface area contributed by atoms with Gasteiger partial charge in [0.05, 0.1) is 11.4 Å². The molecule has 2 aromatic carbocycles. The van der Waals surface area contributed by atoms with E-state index < -0.39 is 5.82 Å². The number of halogens is 1. The smallest absolute Gasteiger partial charge is 0.267 e. The first-order valence-corrected chi connectivity index (χ1v) is 8.56. The molecule has 1 amide bonds. The molecule has 0 bridgehead atoms. The molecule has 0 saturated heterocycles.